The summed E-state index contributed by atoms with van der Waals surface area (Å²) in [6.45, 7) is 1.91. The Kier molecular flexibility index (Phi) is 5.14. The minimum absolute atomic E-state index is 0.110. The molecular weight excluding hydrogens is 362 g/mol. The number of hydrogen-bond donors (Lipinski definition) is 0. The fourth-order valence-corrected chi connectivity index (χ4v) is 3.41. The summed E-state index contributed by atoms with van der Waals surface area (Å²) in [7, 11) is -1.50. The van der Waals surface area contributed by atoms with Gasteiger partial charge in [-0.15, -0.1) is 0 Å². The molecule has 27 heavy (non-hydrogen) atoms. The molecule has 0 bridgehead atoms. The van der Waals surface area contributed by atoms with Gasteiger partial charge in [0.15, 0.2) is 9.84 Å². The van der Waals surface area contributed by atoms with E-state index in [1.54, 1.807) is 59.2 Å². The van der Waals surface area contributed by atoms with Crippen LogP contribution in [0.1, 0.15) is 28.9 Å². The van der Waals surface area contributed by atoms with Gasteiger partial charge in [-0.1, -0.05) is 12.1 Å². The third kappa shape index (κ3) is 4.09. The van der Waals surface area contributed by atoms with Gasteiger partial charge in [-0.05, 0) is 55.0 Å². The van der Waals surface area contributed by atoms with E-state index >= 15 is 0 Å². The van der Waals surface area contributed by atoms with Crippen molar-refractivity contribution in [3.63, 3.8) is 0 Å². The van der Waals surface area contributed by atoms with Crippen LogP contribution < -0.4 is 0 Å². The summed E-state index contributed by atoms with van der Waals surface area (Å²) in [5.74, 6) is -0.110. The number of rotatable bonds is 5. The molecule has 3 rings (SSSR count). The molecule has 0 aliphatic heterocycles. The van der Waals surface area contributed by atoms with Gasteiger partial charge in [0.2, 0.25) is 0 Å². The standard InChI is InChI=1S/C20H21N3O3S/c1-15(16-7-11-19(12-8-16)27(3,25)26)22(2)20(24)17-5-9-18(10-6-17)23-14-4-13-21-23/h4-15H,1-3H3. The molecule has 140 valence electrons. The fraction of sp³-hybridized carbons (Fsp3) is 0.200. The highest BCUT2D eigenvalue weighted by Gasteiger charge is 2.19. The van der Waals surface area contributed by atoms with Crippen LogP contribution >= 0.6 is 0 Å². The second-order valence-electron chi connectivity index (χ2n) is 6.43. The predicted octanol–water partition coefficient (Wildman–Crippen LogP) is 3.11. The lowest BCUT2D eigenvalue weighted by Gasteiger charge is -2.25. The first-order valence-electron chi connectivity index (χ1n) is 8.44. The first-order chi connectivity index (χ1) is 12.8. The topological polar surface area (TPSA) is 72.3 Å². The molecule has 1 aromatic heterocycles. The van der Waals surface area contributed by atoms with Gasteiger partial charge in [0.05, 0.1) is 16.6 Å². The van der Waals surface area contributed by atoms with Gasteiger partial charge >= 0.3 is 0 Å². The first-order valence-corrected chi connectivity index (χ1v) is 10.3. The van der Waals surface area contributed by atoms with E-state index < -0.39 is 9.84 Å². The Balaban J connectivity index is 1.76. The number of amides is 1. The lowest BCUT2D eigenvalue weighted by Crippen LogP contribution is -2.29. The van der Waals surface area contributed by atoms with Crippen molar-refractivity contribution in [2.24, 2.45) is 0 Å². The second kappa shape index (κ2) is 7.36. The first kappa shape index (κ1) is 18.8. The molecule has 0 spiro atoms. The van der Waals surface area contributed by atoms with Crippen LogP contribution in [0, 0.1) is 0 Å². The van der Waals surface area contributed by atoms with E-state index in [0.717, 1.165) is 11.3 Å². The predicted molar refractivity (Wildman–Crippen MR) is 104 cm³/mol. The van der Waals surface area contributed by atoms with E-state index in [2.05, 4.69) is 5.10 Å². The zero-order valence-electron chi connectivity index (χ0n) is 15.4. The Morgan fingerprint density at radius 1 is 1.07 bits per heavy atom. The molecule has 0 saturated heterocycles. The van der Waals surface area contributed by atoms with E-state index in [1.165, 1.54) is 6.26 Å². The van der Waals surface area contributed by atoms with Crippen LogP contribution in [0.5, 0.6) is 0 Å². The summed E-state index contributed by atoms with van der Waals surface area (Å²) >= 11 is 0. The molecule has 6 nitrogen and oxygen atoms in total. The van der Waals surface area contributed by atoms with Crippen LogP contribution in [-0.2, 0) is 9.84 Å². The zero-order valence-corrected chi connectivity index (χ0v) is 16.2. The third-order valence-electron chi connectivity index (χ3n) is 4.58. The van der Waals surface area contributed by atoms with Crippen molar-refractivity contribution in [1.82, 2.24) is 14.7 Å². The lowest BCUT2D eigenvalue weighted by atomic mass is 10.1. The maximum Gasteiger partial charge on any atom is 0.254 e. The summed E-state index contributed by atoms with van der Waals surface area (Å²) < 4.78 is 24.9. The molecule has 0 aliphatic carbocycles. The maximum atomic E-state index is 12.8. The SMILES string of the molecule is CC(c1ccc(S(C)(=O)=O)cc1)N(C)C(=O)c1ccc(-n2cccn2)cc1. The van der Waals surface area contributed by atoms with Crippen LogP contribution in [0.2, 0.25) is 0 Å². The molecule has 1 unspecified atom stereocenters. The summed E-state index contributed by atoms with van der Waals surface area (Å²) in [6.07, 6.45) is 4.71. The van der Waals surface area contributed by atoms with Crippen LogP contribution in [-0.4, -0.2) is 42.3 Å². The fourth-order valence-electron chi connectivity index (χ4n) is 2.77. The van der Waals surface area contributed by atoms with Gasteiger partial charge in [0.25, 0.3) is 5.91 Å². The van der Waals surface area contributed by atoms with Gasteiger partial charge in [-0.2, -0.15) is 5.10 Å². The zero-order chi connectivity index (χ0) is 19.6. The average Bonchev–Trinajstić information content (AvgIpc) is 3.20. The number of benzene rings is 2. The molecule has 0 saturated carbocycles. The second-order valence-corrected chi connectivity index (χ2v) is 8.45. The Hall–Kier alpha value is -2.93. The van der Waals surface area contributed by atoms with Crippen LogP contribution in [0.15, 0.2) is 71.9 Å². The van der Waals surface area contributed by atoms with Gasteiger partial charge in [0, 0.05) is 31.3 Å². The van der Waals surface area contributed by atoms with Gasteiger partial charge < -0.3 is 4.90 Å². The third-order valence-corrected chi connectivity index (χ3v) is 5.70. The van der Waals surface area contributed by atoms with Crippen molar-refractivity contribution in [3.05, 3.63) is 78.1 Å². The molecule has 0 fully saturated rings. The highest BCUT2D eigenvalue weighted by Crippen LogP contribution is 2.23. The van der Waals surface area contributed by atoms with Gasteiger partial charge in [0.1, 0.15) is 0 Å². The smallest absolute Gasteiger partial charge is 0.254 e. The minimum Gasteiger partial charge on any atom is -0.335 e. The molecule has 1 heterocycles. The minimum atomic E-state index is -3.24. The molecule has 0 N–H and O–H groups in total. The Bertz CT molecular complexity index is 1030. The summed E-state index contributed by atoms with van der Waals surface area (Å²) in [6, 6.07) is 15.5. The quantitative estimate of drug-likeness (QED) is 0.679. The Morgan fingerprint density at radius 2 is 1.70 bits per heavy atom. The summed E-state index contributed by atoms with van der Waals surface area (Å²) in [5.41, 5.74) is 2.32. The van der Waals surface area contributed by atoms with Gasteiger partial charge in [-0.3, -0.25) is 4.79 Å². The Labute approximate surface area is 159 Å². The molecule has 1 amide bonds. The van der Waals surface area contributed by atoms with Gasteiger partial charge in [-0.25, -0.2) is 13.1 Å². The molecular formula is C20H21N3O3S. The van der Waals surface area contributed by atoms with E-state index in [4.69, 9.17) is 0 Å². The lowest BCUT2D eigenvalue weighted by molar-refractivity contribution is 0.0742. The van der Waals surface area contributed by atoms with Crippen molar-refractivity contribution >= 4 is 15.7 Å². The monoisotopic (exact) mass is 383 g/mol. The molecule has 2 aromatic carbocycles. The van der Waals surface area contributed by atoms with Crippen LogP contribution in [0.4, 0.5) is 0 Å². The molecule has 1 atom stereocenters. The van der Waals surface area contributed by atoms with E-state index in [9.17, 15) is 13.2 Å². The molecule has 7 heteroatoms. The number of aromatic nitrogens is 2. The number of sulfone groups is 1. The number of nitrogens with zero attached hydrogens (tertiary/aromatic N) is 3. The molecule has 0 aliphatic rings. The van der Waals surface area contributed by atoms with Crippen LogP contribution in [0.3, 0.4) is 0 Å². The highest BCUT2D eigenvalue weighted by atomic mass is 32.2. The van der Waals surface area contributed by atoms with Crippen molar-refractivity contribution in [2.45, 2.75) is 17.9 Å². The number of carbonyl (C=O) groups is 1. The van der Waals surface area contributed by atoms with Crippen LogP contribution in [0.25, 0.3) is 5.69 Å². The molecule has 0 radical (unpaired) electrons. The molecule has 3 aromatic rings. The summed E-state index contributed by atoms with van der Waals surface area (Å²) in [5, 5.41) is 4.17. The maximum absolute atomic E-state index is 12.8. The van der Waals surface area contributed by atoms with E-state index in [-0.39, 0.29) is 16.8 Å². The normalized spacial score (nSPS) is 12.6. The average molecular weight is 383 g/mol. The van der Waals surface area contributed by atoms with E-state index in [0.29, 0.717) is 5.56 Å². The highest BCUT2D eigenvalue weighted by molar-refractivity contribution is 7.90. The number of carbonyl (C=O) groups excluding carboxylic acids is 1. The number of hydrogen-bond acceptors (Lipinski definition) is 4. The summed E-state index contributed by atoms with van der Waals surface area (Å²) in [4.78, 5) is 14.7. The van der Waals surface area contributed by atoms with E-state index in [1.807, 2.05) is 31.3 Å². The van der Waals surface area contributed by atoms with Crippen molar-refractivity contribution < 1.29 is 13.2 Å². The largest absolute Gasteiger partial charge is 0.335 e. The van der Waals surface area contributed by atoms with Crippen molar-refractivity contribution in [3.8, 4) is 5.69 Å². The van der Waals surface area contributed by atoms with Crippen molar-refractivity contribution in [1.29, 1.82) is 0 Å². The Morgan fingerprint density at radius 3 is 2.22 bits per heavy atom. The van der Waals surface area contributed by atoms with Crippen molar-refractivity contribution in [2.75, 3.05) is 13.3 Å².